The van der Waals surface area contributed by atoms with Gasteiger partial charge in [0.1, 0.15) is 11.3 Å². The molecule has 2 nitrogen and oxygen atoms in total. The van der Waals surface area contributed by atoms with E-state index in [4.69, 9.17) is 10.2 Å². The second-order valence-corrected chi connectivity index (χ2v) is 4.93. The third-order valence-corrected chi connectivity index (χ3v) is 3.19. The van der Waals surface area contributed by atoms with Crippen molar-refractivity contribution in [2.24, 2.45) is 11.7 Å². The minimum atomic E-state index is -0.0377. The molecule has 0 saturated heterocycles. The van der Waals surface area contributed by atoms with Gasteiger partial charge in [0.25, 0.3) is 0 Å². The van der Waals surface area contributed by atoms with Gasteiger partial charge in [0, 0.05) is 5.39 Å². The Morgan fingerprint density at radius 2 is 2.07 bits per heavy atom. The second kappa shape index (κ2) is 3.99. The maximum Gasteiger partial charge on any atom is 0.148 e. The molecule has 2 rings (SSSR count). The molecule has 2 aromatic rings. The van der Waals surface area contributed by atoms with Crippen LogP contribution in [0.4, 0.5) is 0 Å². The summed E-state index contributed by atoms with van der Waals surface area (Å²) in [5.41, 5.74) is 6.92. The summed E-state index contributed by atoms with van der Waals surface area (Å²) >= 11 is 3.46. The Labute approximate surface area is 97.6 Å². The van der Waals surface area contributed by atoms with Gasteiger partial charge in [-0.05, 0) is 34.0 Å². The van der Waals surface area contributed by atoms with Gasteiger partial charge in [-0.1, -0.05) is 26.0 Å². The average molecular weight is 268 g/mol. The molecule has 0 aliphatic carbocycles. The van der Waals surface area contributed by atoms with Crippen LogP contribution < -0.4 is 5.73 Å². The quantitative estimate of drug-likeness (QED) is 0.898. The molecule has 1 aromatic carbocycles. The van der Waals surface area contributed by atoms with Crippen LogP contribution in [-0.4, -0.2) is 0 Å². The van der Waals surface area contributed by atoms with Gasteiger partial charge in [0.05, 0.1) is 10.5 Å². The number of rotatable bonds is 2. The summed E-state index contributed by atoms with van der Waals surface area (Å²) in [5.74, 6) is 1.23. The van der Waals surface area contributed by atoms with E-state index in [1.54, 1.807) is 0 Å². The Balaban J connectivity index is 2.52. The van der Waals surface area contributed by atoms with E-state index < -0.39 is 0 Å². The van der Waals surface area contributed by atoms with Gasteiger partial charge in [-0.15, -0.1) is 0 Å². The van der Waals surface area contributed by atoms with Crippen molar-refractivity contribution < 1.29 is 4.42 Å². The number of furan rings is 1. The lowest BCUT2D eigenvalue weighted by Crippen LogP contribution is -2.15. The topological polar surface area (TPSA) is 39.2 Å². The third-order valence-electron chi connectivity index (χ3n) is 2.56. The van der Waals surface area contributed by atoms with E-state index in [9.17, 15) is 0 Å². The number of nitrogens with two attached hydrogens (primary N) is 1. The van der Waals surface area contributed by atoms with Crippen LogP contribution in [-0.2, 0) is 0 Å². The molecule has 0 saturated carbocycles. The lowest BCUT2D eigenvalue weighted by molar-refractivity contribution is 0.418. The molecule has 1 heterocycles. The molecular weight excluding hydrogens is 254 g/mol. The van der Waals surface area contributed by atoms with E-state index in [1.165, 1.54) is 0 Å². The molecule has 0 fully saturated rings. The van der Waals surface area contributed by atoms with E-state index in [1.807, 2.05) is 24.3 Å². The second-order valence-electron chi connectivity index (χ2n) is 4.08. The molecule has 0 aliphatic rings. The monoisotopic (exact) mass is 267 g/mol. The van der Waals surface area contributed by atoms with E-state index in [0.717, 1.165) is 21.2 Å². The summed E-state index contributed by atoms with van der Waals surface area (Å²) in [7, 11) is 0. The van der Waals surface area contributed by atoms with Crippen LogP contribution in [0, 0.1) is 5.92 Å². The summed E-state index contributed by atoms with van der Waals surface area (Å²) in [6.07, 6.45) is 0. The fourth-order valence-corrected chi connectivity index (χ4v) is 2.00. The van der Waals surface area contributed by atoms with E-state index >= 15 is 0 Å². The predicted molar refractivity (Wildman–Crippen MR) is 65.7 cm³/mol. The Hall–Kier alpha value is -0.800. The highest BCUT2D eigenvalue weighted by molar-refractivity contribution is 9.10. The van der Waals surface area contributed by atoms with Crippen molar-refractivity contribution in [3.8, 4) is 0 Å². The minimum absolute atomic E-state index is 0.0377. The number of benzene rings is 1. The zero-order valence-electron chi connectivity index (χ0n) is 8.83. The number of hydrogen-bond donors (Lipinski definition) is 1. The lowest BCUT2D eigenvalue weighted by Gasteiger charge is -2.11. The van der Waals surface area contributed by atoms with Crippen LogP contribution in [0.25, 0.3) is 11.0 Å². The molecule has 0 amide bonds. The highest BCUT2D eigenvalue weighted by atomic mass is 79.9. The van der Waals surface area contributed by atoms with Crippen LogP contribution in [0.2, 0.25) is 0 Å². The first-order chi connectivity index (χ1) is 7.09. The molecule has 1 atom stereocenters. The molecule has 80 valence electrons. The summed E-state index contributed by atoms with van der Waals surface area (Å²) in [4.78, 5) is 0. The Morgan fingerprint density at radius 3 is 2.67 bits per heavy atom. The normalized spacial score (nSPS) is 13.7. The van der Waals surface area contributed by atoms with E-state index in [2.05, 4.69) is 29.8 Å². The first-order valence-corrected chi connectivity index (χ1v) is 5.82. The van der Waals surface area contributed by atoms with Crippen LogP contribution in [0.1, 0.15) is 25.6 Å². The SMILES string of the molecule is CC(C)[C@@H](N)c1cc2cccc(Br)c2o1. The van der Waals surface area contributed by atoms with Crippen molar-refractivity contribution in [1.29, 1.82) is 0 Å². The molecule has 0 spiro atoms. The van der Waals surface area contributed by atoms with Gasteiger partial charge in [-0.3, -0.25) is 0 Å². The summed E-state index contributed by atoms with van der Waals surface area (Å²) in [6.45, 7) is 4.18. The van der Waals surface area contributed by atoms with Crippen LogP contribution in [0.5, 0.6) is 0 Å². The zero-order chi connectivity index (χ0) is 11.0. The zero-order valence-corrected chi connectivity index (χ0v) is 10.4. The van der Waals surface area contributed by atoms with Crippen molar-refractivity contribution in [1.82, 2.24) is 0 Å². The summed E-state index contributed by atoms with van der Waals surface area (Å²) < 4.78 is 6.72. The molecule has 1 aromatic heterocycles. The fourth-order valence-electron chi connectivity index (χ4n) is 1.54. The maximum absolute atomic E-state index is 6.04. The third kappa shape index (κ3) is 1.94. The van der Waals surface area contributed by atoms with Crippen LogP contribution in [0.15, 0.2) is 33.2 Å². The number of para-hydroxylation sites is 1. The van der Waals surface area contributed by atoms with E-state index in [-0.39, 0.29) is 6.04 Å². The maximum atomic E-state index is 6.04. The van der Waals surface area contributed by atoms with Gasteiger partial charge in [0.2, 0.25) is 0 Å². The van der Waals surface area contributed by atoms with Crippen molar-refractivity contribution >= 4 is 26.9 Å². The number of halogens is 1. The first kappa shape index (κ1) is 10.7. The Kier molecular flexibility index (Phi) is 2.85. The van der Waals surface area contributed by atoms with Gasteiger partial charge in [-0.25, -0.2) is 0 Å². The summed E-state index contributed by atoms with van der Waals surface area (Å²) in [6, 6.07) is 7.97. The standard InChI is InChI=1S/C12H14BrNO/c1-7(2)11(14)10-6-8-4-3-5-9(13)12(8)15-10/h3-7,11H,14H2,1-2H3/t11-/m1/s1. The molecule has 0 bridgehead atoms. The van der Waals surface area contributed by atoms with E-state index in [0.29, 0.717) is 5.92 Å². The van der Waals surface area contributed by atoms with Gasteiger partial charge < -0.3 is 10.2 Å². The van der Waals surface area contributed by atoms with Gasteiger partial charge in [0.15, 0.2) is 0 Å². The molecule has 0 radical (unpaired) electrons. The lowest BCUT2D eigenvalue weighted by atomic mass is 10.0. The fraction of sp³-hybridized carbons (Fsp3) is 0.333. The van der Waals surface area contributed by atoms with Crippen molar-refractivity contribution in [3.05, 3.63) is 34.5 Å². The Morgan fingerprint density at radius 1 is 1.33 bits per heavy atom. The molecule has 15 heavy (non-hydrogen) atoms. The van der Waals surface area contributed by atoms with Crippen LogP contribution in [0.3, 0.4) is 0 Å². The average Bonchev–Trinajstić information content (AvgIpc) is 2.61. The molecule has 0 unspecified atom stereocenters. The number of hydrogen-bond acceptors (Lipinski definition) is 2. The van der Waals surface area contributed by atoms with Crippen molar-refractivity contribution in [2.45, 2.75) is 19.9 Å². The minimum Gasteiger partial charge on any atom is -0.458 e. The molecule has 2 N–H and O–H groups in total. The smallest absolute Gasteiger partial charge is 0.148 e. The summed E-state index contributed by atoms with van der Waals surface area (Å²) in [5, 5.41) is 1.09. The highest BCUT2D eigenvalue weighted by Gasteiger charge is 2.16. The highest BCUT2D eigenvalue weighted by Crippen LogP contribution is 2.30. The van der Waals surface area contributed by atoms with Crippen molar-refractivity contribution in [2.75, 3.05) is 0 Å². The molecule has 0 aliphatic heterocycles. The molecule has 3 heteroatoms. The first-order valence-electron chi connectivity index (χ1n) is 5.03. The Bertz CT molecular complexity index is 475. The largest absolute Gasteiger partial charge is 0.458 e. The molecular formula is C12H14BrNO. The number of fused-ring (bicyclic) bond motifs is 1. The van der Waals surface area contributed by atoms with Gasteiger partial charge in [-0.2, -0.15) is 0 Å². The van der Waals surface area contributed by atoms with Crippen molar-refractivity contribution in [3.63, 3.8) is 0 Å². The van der Waals surface area contributed by atoms with Gasteiger partial charge >= 0.3 is 0 Å². The van der Waals surface area contributed by atoms with Crippen LogP contribution >= 0.6 is 15.9 Å². The predicted octanol–water partition coefficient (Wildman–Crippen LogP) is 3.85.